The third-order valence-corrected chi connectivity index (χ3v) is 3.99. The van der Waals surface area contributed by atoms with Crippen LogP contribution in [0.2, 0.25) is 0 Å². The fourth-order valence-corrected chi connectivity index (χ4v) is 2.98. The van der Waals surface area contributed by atoms with E-state index in [1.54, 1.807) is 12.4 Å². The summed E-state index contributed by atoms with van der Waals surface area (Å²) in [5.74, 6) is 0.667. The number of nitrogens with one attached hydrogen (secondary N) is 2. The van der Waals surface area contributed by atoms with Crippen molar-refractivity contribution in [3.63, 3.8) is 0 Å². The van der Waals surface area contributed by atoms with E-state index in [0.717, 1.165) is 24.8 Å². The van der Waals surface area contributed by atoms with Crippen molar-refractivity contribution in [3.8, 4) is 0 Å². The highest BCUT2D eigenvalue weighted by atomic mass is 16.1. The highest BCUT2D eigenvalue weighted by Crippen LogP contribution is 2.34. The second-order valence-corrected chi connectivity index (χ2v) is 5.47. The summed E-state index contributed by atoms with van der Waals surface area (Å²) in [6.45, 7) is 0. The molecule has 4 heteroatoms. The van der Waals surface area contributed by atoms with Gasteiger partial charge in [-0.05, 0) is 36.3 Å². The van der Waals surface area contributed by atoms with Crippen molar-refractivity contribution in [1.29, 1.82) is 0 Å². The van der Waals surface area contributed by atoms with Crippen molar-refractivity contribution < 1.29 is 4.79 Å². The number of aromatic nitrogens is 2. The first kappa shape index (κ1) is 12.9. The second kappa shape index (κ2) is 5.90. The first-order valence-electron chi connectivity index (χ1n) is 7.13. The number of rotatable bonds is 4. The van der Waals surface area contributed by atoms with Gasteiger partial charge in [0.25, 0.3) is 0 Å². The fraction of sp³-hybridized carbons (Fsp3) is 0.375. The Morgan fingerprint density at radius 3 is 2.90 bits per heavy atom. The molecule has 2 atom stereocenters. The molecule has 1 aromatic heterocycles. The SMILES string of the molecule is O=C(Cc1cn[nH]c1)N[C@@H]1CC[C@H](c2ccccc2)C1. The molecule has 2 N–H and O–H groups in total. The molecule has 1 aliphatic rings. The molecule has 1 amide bonds. The molecule has 4 nitrogen and oxygen atoms in total. The highest BCUT2D eigenvalue weighted by molar-refractivity contribution is 5.78. The lowest BCUT2D eigenvalue weighted by molar-refractivity contribution is -0.121. The third-order valence-electron chi connectivity index (χ3n) is 3.99. The Bertz CT molecular complexity index is 550. The van der Waals surface area contributed by atoms with Crippen LogP contribution in [0.4, 0.5) is 0 Å². The van der Waals surface area contributed by atoms with Gasteiger partial charge in [-0.3, -0.25) is 9.89 Å². The summed E-state index contributed by atoms with van der Waals surface area (Å²) in [6, 6.07) is 10.9. The molecule has 1 saturated carbocycles. The van der Waals surface area contributed by atoms with Crippen LogP contribution in [-0.2, 0) is 11.2 Å². The molecule has 104 valence electrons. The lowest BCUT2D eigenvalue weighted by atomic mass is 9.98. The number of carbonyl (C=O) groups is 1. The van der Waals surface area contributed by atoms with Crippen LogP contribution in [0.15, 0.2) is 42.7 Å². The Morgan fingerprint density at radius 2 is 2.15 bits per heavy atom. The number of aromatic amines is 1. The number of amides is 1. The van der Waals surface area contributed by atoms with Gasteiger partial charge in [0.05, 0.1) is 12.6 Å². The fourth-order valence-electron chi connectivity index (χ4n) is 2.98. The Balaban J connectivity index is 1.52. The maximum absolute atomic E-state index is 12.0. The summed E-state index contributed by atoms with van der Waals surface area (Å²) in [4.78, 5) is 12.0. The standard InChI is InChI=1S/C16H19N3O/c20-16(8-12-10-17-18-11-12)19-15-7-6-14(9-15)13-4-2-1-3-5-13/h1-5,10-11,14-15H,6-9H2,(H,17,18)(H,19,20)/t14-,15+/m0/s1. The number of nitrogens with zero attached hydrogens (tertiary/aromatic N) is 1. The summed E-state index contributed by atoms with van der Waals surface area (Å²) in [5.41, 5.74) is 2.32. The minimum atomic E-state index is 0.0881. The van der Waals surface area contributed by atoms with Gasteiger partial charge in [0.15, 0.2) is 0 Å². The molecule has 0 saturated heterocycles. The van der Waals surface area contributed by atoms with E-state index in [2.05, 4.69) is 39.8 Å². The van der Waals surface area contributed by atoms with E-state index in [4.69, 9.17) is 0 Å². The monoisotopic (exact) mass is 269 g/mol. The average molecular weight is 269 g/mol. The van der Waals surface area contributed by atoms with Crippen molar-refractivity contribution in [1.82, 2.24) is 15.5 Å². The molecule has 0 unspecified atom stereocenters. The Morgan fingerprint density at radius 1 is 1.30 bits per heavy atom. The van der Waals surface area contributed by atoms with Crippen LogP contribution in [0, 0.1) is 0 Å². The predicted molar refractivity (Wildman–Crippen MR) is 77.3 cm³/mol. The van der Waals surface area contributed by atoms with Gasteiger partial charge in [0.1, 0.15) is 0 Å². The maximum atomic E-state index is 12.0. The van der Waals surface area contributed by atoms with E-state index < -0.39 is 0 Å². The highest BCUT2D eigenvalue weighted by Gasteiger charge is 2.26. The van der Waals surface area contributed by atoms with E-state index in [-0.39, 0.29) is 5.91 Å². The number of benzene rings is 1. The van der Waals surface area contributed by atoms with Crippen molar-refractivity contribution in [2.45, 2.75) is 37.6 Å². The van der Waals surface area contributed by atoms with Crippen LogP contribution in [0.25, 0.3) is 0 Å². The van der Waals surface area contributed by atoms with Crippen LogP contribution < -0.4 is 5.32 Å². The molecule has 1 aliphatic carbocycles. The summed E-state index contributed by atoms with van der Waals surface area (Å²) >= 11 is 0. The van der Waals surface area contributed by atoms with Crippen molar-refractivity contribution >= 4 is 5.91 Å². The van der Waals surface area contributed by atoms with Gasteiger partial charge in [0, 0.05) is 12.2 Å². The van der Waals surface area contributed by atoms with Gasteiger partial charge in [-0.15, -0.1) is 0 Å². The summed E-state index contributed by atoms with van der Waals surface area (Å²) in [6.07, 6.45) is 7.13. The molecule has 20 heavy (non-hydrogen) atoms. The molecular formula is C16H19N3O. The Kier molecular flexibility index (Phi) is 3.81. The molecule has 0 radical (unpaired) electrons. The van der Waals surface area contributed by atoms with Crippen LogP contribution in [0.1, 0.15) is 36.3 Å². The van der Waals surface area contributed by atoms with E-state index in [1.165, 1.54) is 5.56 Å². The quantitative estimate of drug-likeness (QED) is 0.895. The van der Waals surface area contributed by atoms with Crippen LogP contribution in [0.3, 0.4) is 0 Å². The zero-order valence-electron chi connectivity index (χ0n) is 11.4. The van der Waals surface area contributed by atoms with Crippen molar-refractivity contribution in [2.24, 2.45) is 0 Å². The van der Waals surface area contributed by atoms with E-state index in [9.17, 15) is 4.79 Å². The molecule has 1 fully saturated rings. The predicted octanol–water partition coefficient (Wildman–Crippen LogP) is 2.40. The summed E-state index contributed by atoms with van der Waals surface area (Å²) < 4.78 is 0. The lowest BCUT2D eigenvalue weighted by Gasteiger charge is -2.13. The molecule has 0 bridgehead atoms. The van der Waals surface area contributed by atoms with Gasteiger partial charge >= 0.3 is 0 Å². The van der Waals surface area contributed by atoms with E-state index >= 15 is 0 Å². The zero-order chi connectivity index (χ0) is 13.8. The van der Waals surface area contributed by atoms with Crippen LogP contribution >= 0.6 is 0 Å². The average Bonchev–Trinajstić information content (AvgIpc) is 3.11. The number of H-pyrrole nitrogens is 1. The van der Waals surface area contributed by atoms with Gasteiger partial charge in [-0.2, -0.15) is 5.10 Å². The molecule has 1 heterocycles. The van der Waals surface area contributed by atoms with Crippen molar-refractivity contribution in [2.75, 3.05) is 0 Å². The first-order valence-corrected chi connectivity index (χ1v) is 7.13. The Hall–Kier alpha value is -2.10. The van der Waals surface area contributed by atoms with Gasteiger partial charge < -0.3 is 5.32 Å². The third kappa shape index (κ3) is 3.07. The van der Waals surface area contributed by atoms with Crippen LogP contribution in [-0.4, -0.2) is 22.1 Å². The molecular weight excluding hydrogens is 250 g/mol. The Labute approximate surface area is 118 Å². The zero-order valence-corrected chi connectivity index (χ0v) is 11.4. The van der Waals surface area contributed by atoms with Crippen LogP contribution in [0.5, 0.6) is 0 Å². The second-order valence-electron chi connectivity index (χ2n) is 5.47. The molecule has 2 aromatic rings. The molecule has 0 aliphatic heterocycles. The maximum Gasteiger partial charge on any atom is 0.224 e. The molecule has 1 aromatic carbocycles. The summed E-state index contributed by atoms with van der Waals surface area (Å²) in [7, 11) is 0. The lowest BCUT2D eigenvalue weighted by Crippen LogP contribution is -2.33. The molecule has 0 spiro atoms. The molecule has 3 rings (SSSR count). The number of hydrogen-bond acceptors (Lipinski definition) is 2. The van der Waals surface area contributed by atoms with Gasteiger partial charge in [0.2, 0.25) is 5.91 Å². The van der Waals surface area contributed by atoms with Gasteiger partial charge in [-0.1, -0.05) is 30.3 Å². The summed E-state index contributed by atoms with van der Waals surface area (Å²) in [5, 5.41) is 9.72. The van der Waals surface area contributed by atoms with Crippen molar-refractivity contribution in [3.05, 3.63) is 53.9 Å². The minimum absolute atomic E-state index is 0.0881. The largest absolute Gasteiger partial charge is 0.353 e. The minimum Gasteiger partial charge on any atom is -0.353 e. The number of hydrogen-bond donors (Lipinski definition) is 2. The first-order chi connectivity index (χ1) is 9.81. The van der Waals surface area contributed by atoms with Gasteiger partial charge in [-0.25, -0.2) is 0 Å². The topological polar surface area (TPSA) is 57.8 Å². The van der Waals surface area contributed by atoms with E-state index in [1.807, 2.05) is 6.07 Å². The normalized spacial score (nSPS) is 21.8. The van der Waals surface area contributed by atoms with E-state index in [0.29, 0.717) is 18.4 Å². The smallest absolute Gasteiger partial charge is 0.224 e. The number of carbonyl (C=O) groups excluding carboxylic acids is 1.